The van der Waals surface area contributed by atoms with Crippen LogP contribution in [-0.4, -0.2) is 17.7 Å². The number of aromatic nitrogens is 1. The molecule has 1 aliphatic carbocycles. The van der Waals surface area contributed by atoms with Gasteiger partial charge < -0.3 is 9.88 Å². The Labute approximate surface area is 131 Å². The van der Waals surface area contributed by atoms with Crippen LogP contribution in [0.2, 0.25) is 0 Å². The van der Waals surface area contributed by atoms with Crippen molar-refractivity contribution in [2.45, 2.75) is 38.6 Å². The van der Waals surface area contributed by atoms with E-state index in [1.54, 1.807) is 10.6 Å². The molecule has 1 fully saturated rings. The molecule has 0 saturated heterocycles. The van der Waals surface area contributed by atoms with Crippen molar-refractivity contribution in [3.8, 4) is 0 Å². The van der Waals surface area contributed by atoms with Crippen molar-refractivity contribution in [1.29, 1.82) is 0 Å². The molecule has 106 valence electrons. The second kappa shape index (κ2) is 7.60. The summed E-state index contributed by atoms with van der Waals surface area (Å²) in [7, 11) is 0. The first kappa shape index (κ1) is 15.3. The van der Waals surface area contributed by atoms with E-state index in [-0.39, 0.29) is 5.56 Å². The topological polar surface area (TPSA) is 34.0 Å². The molecule has 1 saturated carbocycles. The normalized spacial score (nSPS) is 16.7. The predicted octanol–water partition coefficient (Wildman–Crippen LogP) is 3.54. The first-order chi connectivity index (χ1) is 9.16. The Hall–Kier alpha value is -0.130. The van der Waals surface area contributed by atoms with Crippen molar-refractivity contribution in [2.75, 3.05) is 13.1 Å². The fourth-order valence-electron chi connectivity index (χ4n) is 2.63. The summed E-state index contributed by atoms with van der Waals surface area (Å²) in [5.41, 5.74) is 0.0302. The molecular weight excluding hydrogens is 372 g/mol. The van der Waals surface area contributed by atoms with Gasteiger partial charge in [-0.3, -0.25) is 4.79 Å². The third-order valence-corrected chi connectivity index (χ3v) is 4.70. The molecule has 0 aliphatic heterocycles. The van der Waals surface area contributed by atoms with E-state index in [9.17, 15) is 4.79 Å². The minimum absolute atomic E-state index is 0.0302. The lowest BCUT2D eigenvalue weighted by Crippen LogP contribution is -2.30. The van der Waals surface area contributed by atoms with Crippen molar-refractivity contribution in [1.82, 2.24) is 9.88 Å². The Kier molecular flexibility index (Phi) is 6.10. The molecule has 1 aromatic rings. The van der Waals surface area contributed by atoms with Crippen molar-refractivity contribution < 1.29 is 0 Å². The van der Waals surface area contributed by atoms with Crippen molar-refractivity contribution in [2.24, 2.45) is 5.92 Å². The molecule has 0 radical (unpaired) electrons. The van der Waals surface area contributed by atoms with Crippen LogP contribution < -0.4 is 10.9 Å². The van der Waals surface area contributed by atoms with Crippen LogP contribution in [0.4, 0.5) is 0 Å². The SMILES string of the molecule is O=c1c(Br)cc(Br)cn1CCNCC1CCCCC1. The molecule has 0 spiro atoms. The monoisotopic (exact) mass is 390 g/mol. The quantitative estimate of drug-likeness (QED) is 0.778. The van der Waals surface area contributed by atoms with Crippen LogP contribution in [0.15, 0.2) is 26.0 Å². The number of rotatable bonds is 5. The van der Waals surface area contributed by atoms with Gasteiger partial charge in [0.15, 0.2) is 0 Å². The van der Waals surface area contributed by atoms with Gasteiger partial charge in [0.25, 0.3) is 5.56 Å². The summed E-state index contributed by atoms with van der Waals surface area (Å²) < 4.78 is 3.27. The molecule has 1 heterocycles. The number of pyridine rings is 1. The van der Waals surface area contributed by atoms with Crippen LogP contribution >= 0.6 is 31.9 Å². The Balaban J connectivity index is 1.78. The zero-order chi connectivity index (χ0) is 13.7. The average molecular weight is 392 g/mol. The van der Waals surface area contributed by atoms with E-state index in [2.05, 4.69) is 37.2 Å². The summed E-state index contributed by atoms with van der Waals surface area (Å²) in [5, 5.41) is 3.48. The predicted molar refractivity (Wildman–Crippen MR) is 85.5 cm³/mol. The van der Waals surface area contributed by atoms with E-state index in [4.69, 9.17) is 0 Å². The van der Waals surface area contributed by atoms with Gasteiger partial charge in [-0.15, -0.1) is 0 Å². The van der Waals surface area contributed by atoms with E-state index >= 15 is 0 Å². The van der Waals surface area contributed by atoms with Gasteiger partial charge in [-0.05, 0) is 63.2 Å². The molecule has 0 aromatic carbocycles. The molecule has 0 unspecified atom stereocenters. The van der Waals surface area contributed by atoms with E-state index in [0.717, 1.165) is 23.5 Å². The van der Waals surface area contributed by atoms with E-state index in [1.807, 2.05) is 6.20 Å². The van der Waals surface area contributed by atoms with E-state index in [0.29, 0.717) is 11.0 Å². The molecule has 0 amide bonds. The van der Waals surface area contributed by atoms with Gasteiger partial charge in [0.05, 0.1) is 4.47 Å². The average Bonchev–Trinajstić information content (AvgIpc) is 2.41. The highest BCUT2D eigenvalue weighted by atomic mass is 79.9. The third kappa shape index (κ3) is 4.72. The van der Waals surface area contributed by atoms with Crippen molar-refractivity contribution in [3.63, 3.8) is 0 Å². The third-order valence-electron chi connectivity index (χ3n) is 3.70. The lowest BCUT2D eigenvalue weighted by molar-refractivity contribution is 0.340. The minimum atomic E-state index is 0.0302. The van der Waals surface area contributed by atoms with Crippen molar-refractivity contribution in [3.05, 3.63) is 31.6 Å². The maximum Gasteiger partial charge on any atom is 0.264 e. The highest BCUT2D eigenvalue weighted by Crippen LogP contribution is 2.22. The second-order valence-electron chi connectivity index (χ2n) is 5.21. The maximum absolute atomic E-state index is 11.9. The van der Waals surface area contributed by atoms with Crippen LogP contribution in [0.25, 0.3) is 0 Å². The van der Waals surface area contributed by atoms with Crippen LogP contribution in [0, 0.1) is 5.92 Å². The molecule has 1 aliphatic rings. The van der Waals surface area contributed by atoms with Gasteiger partial charge in [0.2, 0.25) is 0 Å². The molecule has 3 nitrogen and oxygen atoms in total. The van der Waals surface area contributed by atoms with Gasteiger partial charge in [-0.1, -0.05) is 19.3 Å². The number of hydrogen-bond donors (Lipinski definition) is 1. The second-order valence-corrected chi connectivity index (χ2v) is 6.98. The molecule has 19 heavy (non-hydrogen) atoms. The Morgan fingerprint density at radius 2 is 2.00 bits per heavy atom. The molecule has 0 bridgehead atoms. The van der Waals surface area contributed by atoms with Crippen LogP contribution in [0.3, 0.4) is 0 Å². The Morgan fingerprint density at radius 3 is 2.74 bits per heavy atom. The van der Waals surface area contributed by atoms with Gasteiger partial charge in [-0.2, -0.15) is 0 Å². The minimum Gasteiger partial charge on any atom is -0.315 e. The molecule has 2 rings (SSSR count). The largest absolute Gasteiger partial charge is 0.315 e. The van der Waals surface area contributed by atoms with Crippen LogP contribution in [0.1, 0.15) is 32.1 Å². The van der Waals surface area contributed by atoms with Crippen molar-refractivity contribution >= 4 is 31.9 Å². The van der Waals surface area contributed by atoms with E-state index in [1.165, 1.54) is 32.1 Å². The Morgan fingerprint density at radius 1 is 1.26 bits per heavy atom. The fourth-order valence-corrected chi connectivity index (χ4v) is 3.89. The fraction of sp³-hybridized carbons (Fsp3) is 0.643. The zero-order valence-corrected chi connectivity index (χ0v) is 14.2. The summed E-state index contributed by atoms with van der Waals surface area (Å²) in [6.45, 7) is 2.65. The highest BCUT2D eigenvalue weighted by molar-refractivity contribution is 9.11. The summed E-state index contributed by atoms with van der Waals surface area (Å²) in [5.74, 6) is 0.833. The standard InChI is InChI=1S/C14H20Br2N2O/c15-12-8-13(16)14(19)18(10-12)7-6-17-9-11-4-2-1-3-5-11/h8,10-11,17H,1-7,9H2. The first-order valence-corrected chi connectivity index (χ1v) is 8.51. The molecule has 1 N–H and O–H groups in total. The van der Waals surface area contributed by atoms with Gasteiger partial charge in [0, 0.05) is 23.8 Å². The first-order valence-electron chi connectivity index (χ1n) is 6.93. The Bertz CT molecular complexity index is 467. The number of nitrogens with one attached hydrogen (secondary N) is 1. The molecule has 1 aromatic heterocycles. The maximum atomic E-state index is 11.9. The number of hydrogen-bond acceptors (Lipinski definition) is 2. The lowest BCUT2D eigenvalue weighted by Gasteiger charge is -2.21. The summed E-state index contributed by atoms with van der Waals surface area (Å²) >= 11 is 6.69. The van der Waals surface area contributed by atoms with Gasteiger partial charge >= 0.3 is 0 Å². The summed E-state index contributed by atoms with van der Waals surface area (Å²) in [6, 6.07) is 1.79. The number of halogens is 2. The van der Waals surface area contributed by atoms with Gasteiger partial charge in [-0.25, -0.2) is 0 Å². The summed E-state index contributed by atoms with van der Waals surface area (Å²) in [6.07, 6.45) is 8.72. The van der Waals surface area contributed by atoms with Crippen LogP contribution in [-0.2, 0) is 6.54 Å². The summed E-state index contributed by atoms with van der Waals surface area (Å²) in [4.78, 5) is 11.9. The molecule has 5 heteroatoms. The molecular formula is C14H20Br2N2O. The lowest BCUT2D eigenvalue weighted by atomic mass is 9.89. The highest BCUT2D eigenvalue weighted by Gasteiger charge is 2.12. The van der Waals surface area contributed by atoms with E-state index < -0.39 is 0 Å². The van der Waals surface area contributed by atoms with Gasteiger partial charge in [0.1, 0.15) is 0 Å². The van der Waals surface area contributed by atoms with Crippen LogP contribution in [0.5, 0.6) is 0 Å². The molecule has 0 atom stereocenters. The number of nitrogens with zero attached hydrogens (tertiary/aromatic N) is 1. The smallest absolute Gasteiger partial charge is 0.264 e. The zero-order valence-electron chi connectivity index (χ0n) is 11.0.